The van der Waals surface area contributed by atoms with Gasteiger partial charge in [0.25, 0.3) is 11.8 Å². The first-order valence-electron chi connectivity index (χ1n) is 9.21. The largest absolute Gasteiger partial charge is 0.496 e. The van der Waals surface area contributed by atoms with Crippen LogP contribution in [0.3, 0.4) is 0 Å². The lowest BCUT2D eigenvalue weighted by Gasteiger charge is -2.35. The van der Waals surface area contributed by atoms with Gasteiger partial charge in [-0.05, 0) is 61.7 Å². The van der Waals surface area contributed by atoms with E-state index in [1.165, 1.54) is 5.56 Å². The molecule has 1 aliphatic rings. The number of nitrogens with zero attached hydrogens (tertiary/aromatic N) is 2. The summed E-state index contributed by atoms with van der Waals surface area (Å²) < 4.78 is 5.32. The highest BCUT2D eigenvalue weighted by molar-refractivity contribution is 5.96. The summed E-state index contributed by atoms with van der Waals surface area (Å²) >= 11 is 0. The molecule has 2 aromatic rings. The van der Waals surface area contributed by atoms with Crippen molar-refractivity contribution in [1.82, 2.24) is 9.80 Å². The van der Waals surface area contributed by atoms with Crippen LogP contribution in [0, 0.1) is 20.8 Å². The van der Waals surface area contributed by atoms with Crippen LogP contribution in [0.2, 0.25) is 0 Å². The molecule has 1 aliphatic heterocycles. The number of amides is 2. The molecule has 3 rings (SSSR count). The van der Waals surface area contributed by atoms with Gasteiger partial charge in [0.1, 0.15) is 5.75 Å². The van der Waals surface area contributed by atoms with Gasteiger partial charge in [-0.3, -0.25) is 9.59 Å². The molecule has 2 aromatic carbocycles. The topological polar surface area (TPSA) is 49.9 Å². The van der Waals surface area contributed by atoms with Gasteiger partial charge in [-0.2, -0.15) is 0 Å². The van der Waals surface area contributed by atoms with Gasteiger partial charge in [0.05, 0.1) is 7.11 Å². The molecule has 0 aliphatic carbocycles. The molecule has 0 unspecified atom stereocenters. The first-order chi connectivity index (χ1) is 12.9. The van der Waals surface area contributed by atoms with Gasteiger partial charge in [-0.25, -0.2) is 0 Å². The number of carbonyl (C=O) groups is 2. The first-order valence-corrected chi connectivity index (χ1v) is 9.21. The van der Waals surface area contributed by atoms with E-state index >= 15 is 0 Å². The standard InChI is InChI=1S/C22H26N2O3/c1-15-5-7-18(13-17(15)3)21(25)23-9-11-24(12-10-23)22(26)19-8-6-16(2)20(14-19)27-4/h5-8,13-14H,9-12H2,1-4H3. The van der Waals surface area contributed by atoms with Crippen LogP contribution >= 0.6 is 0 Å². The van der Waals surface area contributed by atoms with E-state index in [1.54, 1.807) is 18.1 Å². The molecule has 5 heteroatoms. The minimum atomic E-state index is -0.0217. The molecule has 27 heavy (non-hydrogen) atoms. The van der Waals surface area contributed by atoms with Crippen molar-refractivity contribution in [2.45, 2.75) is 20.8 Å². The van der Waals surface area contributed by atoms with Gasteiger partial charge in [0.15, 0.2) is 0 Å². The molecule has 5 nitrogen and oxygen atoms in total. The number of methoxy groups -OCH3 is 1. The number of aryl methyl sites for hydroxylation is 3. The molecule has 0 bridgehead atoms. The number of hydrogen-bond acceptors (Lipinski definition) is 3. The van der Waals surface area contributed by atoms with Crippen molar-refractivity contribution in [2.24, 2.45) is 0 Å². The third-order valence-corrected chi connectivity index (χ3v) is 5.26. The summed E-state index contributed by atoms with van der Waals surface area (Å²) in [4.78, 5) is 29.1. The fraction of sp³-hybridized carbons (Fsp3) is 0.364. The van der Waals surface area contributed by atoms with Crippen LogP contribution in [0.25, 0.3) is 0 Å². The Morgan fingerprint density at radius 3 is 1.70 bits per heavy atom. The Labute approximate surface area is 160 Å². The molecule has 0 radical (unpaired) electrons. The van der Waals surface area contributed by atoms with Gasteiger partial charge >= 0.3 is 0 Å². The van der Waals surface area contributed by atoms with Gasteiger partial charge < -0.3 is 14.5 Å². The molecule has 0 atom stereocenters. The van der Waals surface area contributed by atoms with Crippen LogP contribution in [0.15, 0.2) is 36.4 Å². The summed E-state index contributed by atoms with van der Waals surface area (Å²) in [6.07, 6.45) is 0. The summed E-state index contributed by atoms with van der Waals surface area (Å²) in [7, 11) is 1.60. The summed E-state index contributed by atoms with van der Waals surface area (Å²) in [6.45, 7) is 8.15. The van der Waals surface area contributed by atoms with Crippen molar-refractivity contribution < 1.29 is 14.3 Å². The lowest BCUT2D eigenvalue weighted by molar-refractivity contribution is 0.0535. The average Bonchev–Trinajstić information content (AvgIpc) is 2.69. The van der Waals surface area contributed by atoms with E-state index in [0.29, 0.717) is 43.1 Å². The second-order valence-corrected chi connectivity index (χ2v) is 7.07. The molecule has 1 fully saturated rings. The number of hydrogen-bond donors (Lipinski definition) is 0. The minimum Gasteiger partial charge on any atom is -0.496 e. The van der Waals surface area contributed by atoms with Crippen LogP contribution in [-0.2, 0) is 0 Å². The minimum absolute atomic E-state index is 0.0217. The van der Waals surface area contributed by atoms with E-state index in [-0.39, 0.29) is 11.8 Å². The molecule has 1 saturated heterocycles. The zero-order valence-electron chi connectivity index (χ0n) is 16.4. The van der Waals surface area contributed by atoms with Crippen molar-refractivity contribution in [3.05, 3.63) is 64.2 Å². The zero-order chi connectivity index (χ0) is 19.6. The molecule has 142 valence electrons. The third-order valence-electron chi connectivity index (χ3n) is 5.26. The van der Waals surface area contributed by atoms with Crippen molar-refractivity contribution in [1.29, 1.82) is 0 Å². The number of benzene rings is 2. The van der Waals surface area contributed by atoms with Crippen LogP contribution in [0.5, 0.6) is 5.75 Å². The maximum Gasteiger partial charge on any atom is 0.254 e. The molecule has 0 spiro atoms. The molecular weight excluding hydrogens is 340 g/mol. The second kappa shape index (κ2) is 7.82. The average molecular weight is 366 g/mol. The molecule has 0 aromatic heterocycles. The number of piperazine rings is 1. The lowest BCUT2D eigenvalue weighted by Crippen LogP contribution is -2.50. The Morgan fingerprint density at radius 2 is 1.22 bits per heavy atom. The van der Waals surface area contributed by atoms with Crippen LogP contribution in [0.1, 0.15) is 37.4 Å². The van der Waals surface area contributed by atoms with Crippen molar-refractivity contribution in [2.75, 3.05) is 33.3 Å². The second-order valence-electron chi connectivity index (χ2n) is 7.07. The van der Waals surface area contributed by atoms with Crippen molar-refractivity contribution >= 4 is 11.8 Å². The fourth-order valence-corrected chi connectivity index (χ4v) is 3.31. The van der Waals surface area contributed by atoms with Gasteiger partial charge in [-0.1, -0.05) is 12.1 Å². The van der Waals surface area contributed by atoms with E-state index in [2.05, 4.69) is 0 Å². The molecule has 2 amide bonds. The smallest absolute Gasteiger partial charge is 0.254 e. The highest BCUT2D eigenvalue weighted by atomic mass is 16.5. The predicted molar refractivity (Wildman–Crippen MR) is 105 cm³/mol. The number of ether oxygens (including phenoxy) is 1. The van der Waals surface area contributed by atoms with Crippen LogP contribution in [-0.4, -0.2) is 54.9 Å². The highest BCUT2D eigenvalue weighted by Gasteiger charge is 2.26. The van der Waals surface area contributed by atoms with Gasteiger partial charge in [-0.15, -0.1) is 0 Å². The van der Waals surface area contributed by atoms with Crippen molar-refractivity contribution in [3.63, 3.8) is 0 Å². The summed E-state index contributed by atoms with van der Waals surface area (Å²) in [5, 5.41) is 0. The summed E-state index contributed by atoms with van der Waals surface area (Å²) in [6, 6.07) is 11.3. The van der Waals surface area contributed by atoms with E-state index in [4.69, 9.17) is 4.74 Å². The Hall–Kier alpha value is -2.82. The van der Waals surface area contributed by atoms with Gasteiger partial charge in [0, 0.05) is 37.3 Å². The molecule has 1 heterocycles. The van der Waals surface area contributed by atoms with Crippen molar-refractivity contribution in [3.8, 4) is 5.75 Å². The molecule has 0 N–H and O–H groups in total. The highest BCUT2D eigenvalue weighted by Crippen LogP contribution is 2.21. The Bertz CT molecular complexity index is 868. The van der Waals surface area contributed by atoms with Crippen LogP contribution in [0.4, 0.5) is 0 Å². The lowest BCUT2D eigenvalue weighted by atomic mass is 10.1. The normalized spacial score (nSPS) is 14.2. The fourth-order valence-electron chi connectivity index (χ4n) is 3.31. The summed E-state index contributed by atoms with van der Waals surface area (Å²) in [5.74, 6) is 0.721. The van der Waals surface area contributed by atoms with Crippen LogP contribution < -0.4 is 4.74 Å². The van der Waals surface area contributed by atoms with E-state index in [9.17, 15) is 9.59 Å². The maximum atomic E-state index is 12.8. The number of carbonyl (C=O) groups excluding carboxylic acids is 2. The predicted octanol–water partition coefficient (Wildman–Crippen LogP) is 3.22. The molecule has 0 saturated carbocycles. The zero-order valence-corrected chi connectivity index (χ0v) is 16.4. The third kappa shape index (κ3) is 3.97. The Kier molecular flexibility index (Phi) is 5.49. The van der Waals surface area contributed by atoms with Gasteiger partial charge in [0.2, 0.25) is 0 Å². The Morgan fingerprint density at radius 1 is 0.741 bits per heavy atom. The molecular formula is C22H26N2O3. The Balaban J connectivity index is 1.65. The first kappa shape index (κ1) is 19.0. The maximum absolute atomic E-state index is 12.8. The SMILES string of the molecule is COc1cc(C(=O)N2CCN(C(=O)c3ccc(C)c(C)c3)CC2)ccc1C. The quantitative estimate of drug-likeness (QED) is 0.838. The van der Waals surface area contributed by atoms with E-state index < -0.39 is 0 Å². The summed E-state index contributed by atoms with van der Waals surface area (Å²) in [5.41, 5.74) is 4.61. The number of rotatable bonds is 3. The van der Waals surface area contributed by atoms with E-state index in [0.717, 1.165) is 11.1 Å². The monoisotopic (exact) mass is 366 g/mol. The van der Waals surface area contributed by atoms with E-state index in [1.807, 2.05) is 56.0 Å².